The Morgan fingerprint density at radius 3 is 2.56 bits per heavy atom. The fraction of sp³-hybridized carbons (Fsp3) is 0.615. The summed E-state index contributed by atoms with van der Waals surface area (Å²) < 4.78 is 4.93. The van der Waals surface area contributed by atoms with E-state index in [2.05, 4.69) is 29.1 Å². The third kappa shape index (κ3) is 3.68. The summed E-state index contributed by atoms with van der Waals surface area (Å²) >= 11 is 0. The standard InChI is InChI=1S/C13H21N3O2/c1-5-10(6-2)16-13-14-8-11(9(4)15-13)12(17)18-7-3/h8,10H,5-7H2,1-4H3,(H,14,15,16). The Hall–Kier alpha value is -1.65. The van der Waals surface area contributed by atoms with Gasteiger partial charge in [-0.1, -0.05) is 13.8 Å². The molecule has 18 heavy (non-hydrogen) atoms. The Labute approximate surface area is 108 Å². The molecule has 0 aliphatic carbocycles. The van der Waals surface area contributed by atoms with Crippen molar-refractivity contribution < 1.29 is 9.53 Å². The van der Waals surface area contributed by atoms with Crippen molar-refractivity contribution in [3.8, 4) is 0 Å². The molecule has 0 saturated carbocycles. The second-order valence-corrected chi connectivity index (χ2v) is 4.07. The van der Waals surface area contributed by atoms with Gasteiger partial charge in [0.25, 0.3) is 0 Å². The highest BCUT2D eigenvalue weighted by Gasteiger charge is 2.13. The molecule has 0 radical (unpaired) electrons. The van der Waals surface area contributed by atoms with Gasteiger partial charge in [-0.15, -0.1) is 0 Å². The Morgan fingerprint density at radius 2 is 2.06 bits per heavy atom. The van der Waals surface area contributed by atoms with E-state index in [4.69, 9.17) is 4.74 Å². The van der Waals surface area contributed by atoms with Crippen molar-refractivity contribution in [3.63, 3.8) is 0 Å². The molecule has 0 aliphatic heterocycles. The molecule has 0 aliphatic rings. The van der Waals surface area contributed by atoms with Crippen LogP contribution in [-0.2, 0) is 4.74 Å². The number of carbonyl (C=O) groups is 1. The van der Waals surface area contributed by atoms with Crippen LogP contribution in [0.4, 0.5) is 5.95 Å². The summed E-state index contributed by atoms with van der Waals surface area (Å²) in [5.74, 6) is 0.193. The summed E-state index contributed by atoms with van der Waals surface area (Å²) in [5, 5.41) is 3.24. The lowest BCUT2D eigenvalue weighted by molar-refractivity contribution is 0.0524. The lowest BCUT2D eigenvalue weighted by Gasteiger charge is -2.15. The number of rotatable bonds is 6. The van der Waals surface area contributed by atoms with Crippen LogP contribution in [0.15, 0.2) is 6.20 Å². The van der Waals surface area contributed by atoms with Gasteiger partial charge in [-0.3, -0.25) is 0 Å². The van der Waals surface area contributed by atoms with E-state index in [-0.39, 0.29) is 5.97 Å². The van der Waals surface area contributed by atoms with Gasteiger partial charge < -0.3 is 10.1 Å². The zero-order chi connectivity index (χ0) is 13.5. The molecule has 1 rings (SSSR count). The zero-order valence-corrected chi connectivity index (χ0v) is 11.5. The van der Waals surface area contributed by atoms with Gasteiger partial charge in [0.05, 0.1) is 17.9 Å². The van der Waals surface area contributed by atoms with E-state index >= 15 is 0 Å². The van der Waals surface area contributed by atoms with Crippen molar-refractivity contribution in [2.45, 2.75) is 46.6 Å². The molecular formula is C13H21N3O2. The maximum Gasteiger partial charge on any atom is 0.341 e. The molecule has 0 aromatic carbocycles. The van der Waals surface area contributed by atoms with Crippen LogP contribution in [0.1, 0.15) is 49.7 Å². The number of aromatic nitrogens is 2. The molecule has 1 N–H and O–H groups in total. The van der Waals surface area contributed by atoms with Gasteiger partial charge in [-0.2, -0.15) is 0 Å². The molecule has 1 aromatic rings. The molecule has 0 spiro atoms. The molecular weight excluding hydrogens is 230 g/mol. The number of ether oxygens (including phenoxy) is 1. The van der Waals surface area contributed by atoms with E-state index in [1.807, 2.05) is 0 Å². The molecule has 0 saturated heterocycles. The molecule has 0 fully saturated rings. The average molecular weight is 251 g/mol. The highest BCUT2D eigenvalue weighted by atomic mass is 16.5. The molecule has 100 valence electrons. The van der Waals surface area contributed by atoms with Crippen LogP contribution in [-0.4, -0.2) is 28.6 Å². The SMILES string of the molecule is CCOC(=O)c1cnc(NC(CC)CC)nc1C. The van der Waals surface area contributed by atoms with Crippen molar-refractivity contribution in [3.05, 3.63) is 17.5 Å². The lowest BCUT2D eigenvalue weighted by Crippen LogP contribution is -2.20. The normalized spacial score (nSPS) is 10.5. The third-order valence-electron chi connectivity index (χ3n) is 2.79. The van der Waals surface area contributed by atoms with Crippen LogP contribution in [0.3, 0.4) is 0 Å². The summed E-state index contributed by atoms with van der Waals surface area (Å²) in [6.07, 6.45) is 3.54. The van der Waals surface area contributed by atoms with Gasteiger partial charge in [0, 0.05) is 12.2 Å². The molecule has 0 unspecified atom stereocenters. The number of nitrogens with zero attached hydrogens (tertiary/aromatic N) is 2. The predicted octanol–water partition coefficient (Wildman–Crippen LogP) is 2.56. The summed E-state index contributed by atoms with van der Waals surface area (Å²) in [7, 11) is 0. The van der Waals surface area contributed by atoms with Gasteiger partial charge in [0.15, 0.2) is 0 Å². The quantitative estimate of drug-likeness (QED) is 0.787. The summed E-state index contributed by atoms with van der Waals surface area (Å²) in [5.41, 5.74) is 1.06. The Bertz CT molecular complexity index is 403. The average Bonchev–Trinajstić information content (AvgIpc) is 2.36. The topological polar surface area (TPSA) is 64.1 Å². The number of hydrogen-bond acceptors (Lipinski definition) is 5. The molecule has 1 heterocycles. The second-order valence-electron chi connectivity index (χ2n) is 4.07. The highest BCUT2D eigenvalue weighted by molar-refractivity contribution is 5.90. The second kappa shape index (κ2) is 6.93. The minimum Gasteiger partial charge on any atom is -0.462 e. The first kappa shape index (κ1) is 14.4. The first-order chi connectivity index (χ1) is 8.62. The number of hydrogen-bond donors (Lipinski definition) is 1. The maximum absolute atomic E-state index is 11.6. The highest BCUT2D eigenvalue weighted by Crippen LogP contribution is 2.11. The molecule has 5 nitrogen and oxygen atoms in total. The van der Waals surface area contributed by atoms with Crippen LogP contribution in [0.2, 0.25) is 0 Å². The fourth-order valence-corrected chi connectivity index (χ4v) is 1.62. The van der Waals surface area contributed by atoms with Crippen molar-refractivity contribution >= 4 is 11.9 Å². The van der Waals surface area contributed by atoms with Crippen molar-refractivity contribution in [2.75, 3.05) is 11.9 Å². The Balaban J connectivity index is 2.82. The van der Waals surface area contributed by atoms with E-state index in [0.717, 1.165) is 12.8 Å². The van der Waals surface area contributed by atoms with Gasteiger partial charge in [0.1, 0.15) is 0 Å². The van der Waals surface area contributed by atoms with Crippen molar-refractivity contribution in [1.29, 1.82) is 0 Å². The van der Waals surface area contributed by atoms with Crippen LogP contribution in [0.5, 0.6) is 0 Å². The van der Waals surface area contributed by atoms with Gasteiger partial charge in [-0.05, 0) is 26.7 Å². The predicted molar refractivity (Wildman–Crippen MR) is 70.7 cm³/mol. The number of anilines is 1. The van der Waals surface area contributed by atoms with Gasteiger partial charge in [0.2, 0.25) is 5.95 Å². The van der Waals surface area contributed by atoms with Crippen LogP contribution < -0.4 is 5.32 Å². The fourth-order valence-electron chi connectivity index (χ4n) is 1.62. The van der Waals surface area contributed by atoms with E-state index in [1.165, 1.54) is 6.20 Å². The van der Waals surface area contributed by atoms with Crippen LogP contribution in [0, 0.1) is 6.92 Å². The number of aryl methyl sites for hydroxylation is 1. The largest absolute Gasteiger partial charge is 0.462 e. The van der Waals surface area contributed by atoms with Gasteiger partial charge >= 0.3 is 5.97 Å². The molecule has 1 aromatic heterocycles. The number of carbonyl (C=O) groups excluding carboxylic acids is 1. The van der Waals surface area contributed by atoms with Crippen molar-refractivity contribution in [2.24, 2.45) is 0 Å². The summed E-state index contributed by atoms with van der Waals surface area (Å²) in [6.45, 7) is 8.14. The lowest BCUT2D eigenvalue weighted by atomic mass is 10.2. The Kier molecular flexibility index (Phi) is 5.55. The third-order valence-corrected chi connectivity index (χ3v) is 2.79. The minimum atomic E-state index is -0.371. The first-order valence-corrected chi connectivity index (χ1v) is 6.39. The van der Waals surface area contributed by atoms with E-state index in [1.54, 1.807) is 13.8 Å². The zero-order valence-electron chi connectivity index (χ0n) is 11.5. The summed E-state index contributed by atoms with van der Waals surface area (Å²) in [6, 6.07) is 0.359. The smallest absolute Gasteiger partial charge is 0.341 e. The molecule has 0 amide bonds. The van der Waals surface area contributed by atoms with E-state index in [9.17, 15) is 4.79 Å². The molecule has 0 bridgehead atoms. The van der Waals surface area contributed by atoms with Crippen LogP contribution in [0.25, 0.3) is 0 Å². The molecule has 5 heteroatoms. The minimum absolute atomic E-state index is 0.353. The summed E-state index contributed by atoms with van der Waals surface area (Å²) in [4.78, 5) is 20.0. The first-order valence-electron chi connectivity index (χ1n) is 6.39. The molecule has 0 atom stereocenters. The van der Waals surface area contributed by atoms with Crippen LogP contribution >= 0.6 is 0 Å². The maximum atomic E-state index is 11.6. The Morgan fingerprint density at radius 1 is 1.39 bits per heavy atom. The number of nitrogens with one attached hydrogen (secondary N) is 1. The van der Waals surface area contributed by atoms with Crippen molar-refractivity contribution in [1.82, 2.24) is 9.97 Å². The van der Waals surface area contributed by atoms with Gasteiger partial charge in [-0.25, -0.2) is 14.8 Å². The number of esters is 1. The van der Waals surface area contributed by atoms with E-state index in [0.29, 0.717) is 29.9 Å². The monoisotopic (exact) mass is 251 g/mol. The van der Waals surface area contributed by atoms with E-state index < -0.39 is 0 Å².